The normalized spacial score (nSPS) is 11.0. The molecule has 0 saturated carbocycles. The Kier molecular flexibility index (Phi) is 3.39. The fraction of sp³-hybridized carbons (Fsp3) is 0.0556. The van der Waals surface area contributed by atoms with Crippen molar-refractivity contribution in [1.29, 1.82) is 0 Å². The molecule has 24 heavy (non-hydrogen) atoms. The first-order chi connectivity index (χ1) is 11.6. The molecule has 0 aliphatic heterocycles. The molecule has 2 aromatic carbocycles. The summed E-state index contributed by atoms with van der Waals surface area (Å²) in [4.78, 5) is 15.3. The average molecular weight is 336 g/mol. The second kappa shape index (κ2) is 5.58. The third kappa shape index (κ3) is 2.37. The first-order valence-electron chi connectivity index (χ1n) is 7.33. The van der Waals surface area contributed by atoms with E-state index in [1.165, 1.54) is 6.07 Å². The van der Waals surface area contributed by atoms with E-state index in [1.54, 1.807) is 24.3 Å². The van der Waals surface area contributed by atoms with Crippen molar-refractivity contribution in [3.63, 3.8) is 0 Å². The smallest absolute Gasteiger partial charge is 0.273 e. The van der Waals surface area contributed by atoms with Gasteiger partial charge in [-0.05, 0) is 31.2 Å². The summed E-state index contributed by atoms with van der Waals surface area (Å²) in [6, 6.07) is 16.6. The maximum Gasteiger partial charge on any atom is 0.273 e. The zero-order valence-electron chi connectivity index (χ0n) is 12.7. The monoisotopic (exact) mass is 336 g/mol. The summed E-state index contributed by atoms with van der Waals surface area (Å²) in [5.41, 5.74) is 2.33. The van der Waals surface area contributed by atoms with E-state index in [0.29, 0.717) is 17.1 Å². The van der Waals surface area contributed by atoms with E-state index in [4.69, 9.17) is 4.42 Å². The van der Waals surface area contributed by atoms with Crippen LogP contribution in [0, 0.1) is 17.0 Å². The number of hydrogen-bond donors (Lipinski definition) is 0. The highest BCUT2D eigenvalue weighted by Gasteiger charge is 2.17. The van der Waals surface area contributed by atoms with Crippen LogP contribution in [0.1, 0.15) is 5.56 Å². The van der Waals surface area contributed by atoms with Gasteiger partial charge >= 0.3 is 0 Å². The fourth-order valence-electron chi connectivity index (χ4n) is 2.66. The van der Waals surface area contributed by atoms with Crippen LogP contribution >= 0.6 is 11.3 Å². The first kappa shape index (κ1) is 14.6. The number of hydrogen-bond acceptors (Lipinski definition) is 5. The number of fused-ring (bicyclic) bond motifs is 1. The fourth-order valence-corrected chi connectivity index (χ4v) is 3.59. The molecule has 2 heterocycles. The maximum absolute atomic E-state index is 11.1. The molecule has 0 aliphatic rings. The van der Waals surface area contributed by atoms with Crippen LogP contribution in [0.4, 0.5) is 5.69 Å². The van der Waals surface area contributed by atoms with E-state index in [-0.39, 0.29) is 10.6 Å². The molecule has 0 aliphatic carbocycles. The minimum atomic E-state index is -0.379. The van der Waals surface area contributed by atoms with E-state index < -0.39 is 0 Å². The van der Waals surface area contributed by atoms with Crippen molar-refractivity contribution in [2.45, 2.75) is 6.92 Å². The van der Waals surface area contributed by atoms with Gasteiger partial charge in [0.05, 0.1) is 15.1 Å². The van der Waals surface area contributed by atoms with Gasteiger partial charge in [-0.25, -0.2) is 4.98 Å². The van der Waals surface area contributed by atoms with Gasteiger partial charge in [-0.3, -0.25) is 10.1 Å². The largest absolute Gasteiger partial charge is 0.454 e. The quantitative estimate of drug-likeness (QED) is 0.369. The lowest BCUT2D eigenvalue weighted by Crippen LogP contribution is -1.93. The molecule has 0 bridgehead atoms. The molecule has 0 fully saturated rings. The van der Waals surface area contributed by atoms with Crippen LogP contribution in [0.2, 0.25) is 0 Å². The molecule has 0 radical (unpaired) electrons. The summed E-state index contributed by atoms with van der Waals surface area (Å²) < 4.78 is 7.02. The van der Waals surface area contributed by atoms with Crippen molar-refractivity contribution < 1.29 is 9.34 Å². The van der Waals surface area contributed by atoms with Crippen LogP contribution in [0.5, 0.6) is 0 Å². The lowest BCUT2D eigenvalue weighted by Gasteiger charge is -2.03. The minimum absolute atomic E-state index is 0.0884. The molecule has 0 unspecified atom stereocenters. The number of benzene rings is 2. The van der Waals surface area contributed by atoms with Crippen LogP contribution in [0.3, 0.4) is 0 Å². The van der Waals surface area contributed by atoms with Gasteiger partial charge in [-0.2, -0.15) is 0 Å². The SMILES string of the molecule is Cc1c(-c2ccc(-c3nc4ccccc4s3)o2)cccc1[N+](=O)[O-]. The Hall–Kier alpha value is -2.99. The Labute approximate surface area is 141 Å². The number of para-hydroxylation sites is 1. The first-order valence-corrected chi connectivity index (χ1v) is 8.15. The molecule has 0 saturated heterocycles. The number of aromatic nitrogens is 1. The van der Waals surface area contributed by atoms with Gasteiger partial charge in [0, 0.05) is 17.2 Å². The van der Waals surface area contributed by atoms with Crippen LogP contribution in [-0.2, 0) is 0 Å². The standard InChI is InChI=1S/C18H12N2O3S/c1-11-12(5-4-7-14(11)20(21)22)15-9-10-16(23-15)18-19-13-6-2-3-8-17(13)24-18/h2-10H,1H3. The van der Waals surface area contributed by atoms with Gasteiger partial charge in [0.25, 0.3) is 5.69 Å². The lowest BCUT2D eigenvalue weighted by molar-refractivity contribution is -0.385. The van der Waals surface area contributed by atoms with Gasteiger partial charge in [0.15, 0.2) is 10.8 Å². The Morgan fingerprint density at radius 2 is 1.83 bits per heavy atom. The van der Waals surface area contributed by atoms with Crippen molar-refractivity contribution in [2.75, 3.05) is 0 Å². The lowest BCUT2D eigenvalue weighted by atomic mass is 10.1. The molecular formula is C18H12N2O3S. The summed E-state index contributed by atoms with van der Waals surface area (Å²) in [5, 5.41) is 11.9. The highest BCUT2D eigenvalue weighted by Crippen LogP contribution is 2.36. The van der Waals surface area contributed by atoms with E-state index in [1.807, 2.05) is 42.5 Å². The van der Waals surface area contributed by atoms with Crippen molar-refractivity contribution in [3.8, 4) is 22.1 Å². The van der Waals surface area contributed by atoms with Crippen LogP contribution in [-0.4, -0.2) is 9.91 Å². The van der Waals surface area contributed by atoms with Gasteiger partial charge in [-0.15, -0.1) is 11.3 Å². The molecule has 2 aromatic heterocycles. The molecule has 0 amide bonds. The summed E-state index contributed by atoms with van der Waals surface area (Å²) in [7, 11) is 0. The molecule has 0 atom stereocenters. The predicted octanol–water partition coefficient (Wildman–Crippen LogP) is 5.44. The van der Waals surface area contributed by atoms with Gasteiger partial charge in [0.1, 0.15) is 5.76 Å². The molecule has 5 nitrogen and oxygen atoms in total. The molecule has 0 N–H and O–H groups in total. The molecule has 6 heteroatoms. The Morgan fingerprint density at radius 3 is 2.62 bits per heavy atom. The number of thiazole rings is 1. The van der Waals surface area contributed by atoms with Crippen LogP contribution < -0.4 is 0 Å². The second-order valence-corrected chi connectivity index (χ2v) is 6.39. The minimum Gasteiger partial charge on any atom is -0.454 e. The van der Waals surface area contributed by atoms with Gasteiger partial charge in [-0.1, -0.05) is 24.3 Å². The number of furan rings is 1. The van der Waals surface area contributed by atoms with Gasteiger partial charge in [0.2, 0.25) is 0 Å². The van der Waals surface area contributed by atoms with Crippen LogP contribution in [0.15, 0.2) is 59.0 Å². The van der Waals surface area contributed by atoms with Crippen molar-refractivity contribution >= 4 is 27.2 Å². The van der Waals surface area contributed by atoms with E-state index >= 15 is 0 Å². The maximum atomic E-state index is 11.1. The zero-order chi connectivity index (χ0) is 16.7. The van der Waals surface area contributed by atoms with Crippen molar-refractivity contribution in [1.82, 2.24) is 4.98 Å². The van der Waals surface area contributed by atoms with E-state index in [9.17, 15) is 10.1 Å². The summed E-state index contributed by atoms with van der Waals surface area (Å²) in [5.74, 6) is 1.27. The third-order valence-electron chi connectivity index (χ3n) is 3.88. The molecule has 4 rings (SSSR count). The average Bonchev–Trinajstić information content (AvgIpc) is 3.21. The number of nitro benzene ring substituents is 1. The van der Waals surface area contributed by atoms with E-state index in [0.717, 1.165) is 20.8 Å². The highest BCUT2D eigenvalue weighted by atomic mass is 32.1. The highest BCUT2D eigenvalue weighted by molar-refractivity contribution is 7.21. The van der Waals surface area contributed by atoms with Crippen molar-refractivity contribution in [2.24, 2.45) is 0 Å². The molecule has 4 aromatic rings. The number of nitrogens with zero attached hydrogens (tertiary/aromatic N) is 2. The third-order valence-corrected chi connectivity index (χ3v) is 4.93. The predicted molar refractivity (Wildman–Crippen MR) is 94.1 cm³/mol. The number of nitro groups is 1. The summed E-state index contributed by atoms with van der Waals surface area (Å²) in [6.07, 6.45) is 0. The zero-order valence-corrected chi connectivity index (χ0v) is 13.5. The Morgan fingerprint density at radius 1 is 1.04 bits per heavy atom. The molecular weight excluding hydrogens is 324 g/mol. The van der Waals surface area contributed by atoms with Crippen molar-refractivity contribution in [3.05, 3.63) is 70.3 Å². The summed E-state index contributed by atoms with van der Waals surface area (Å²) >= 11 is 1.56. The van der Waals surface area contributed by atoms with Gasteiger partial charge < -0.3 is 4.42 Å². The second-order valence-electron chi connectivity index (χ2n) is 5.36. The number of rotatable bonds is 3. The Balaban J connectivity index is 1.78. The van der Waals surface area contributed by atoms with E-state index in [2.05, 4.69) is 4.98 Å². The molecule has 0 spiro atoms. The molecule has 118 valence electrons. The summed E-state index contributed by atoms with van der Waals surface area (Å²) in [6.45, 7) is 1.73. The van der Waals surface area contributed by atoms with Crippen LogP contribution in [0.25, 0.3) is 32.3 Å². The Bertz CT molecular complexity index is 1030. The topological polar surface area (TPSA) is 69.2 Å².